The Labute approximate surface area is 72.8 Å². The van der Waals surface area contributed by atoms with Crippen LogP contribution in [0.1, 0.15) is 11.7 Å². The number of alkyl halides is 1. The van der Waals surface area contributed by atoms with Gasteiger partial charge in [-0.1, -0.05) is 11.6 Å². The van der Waals surface area contributed by atoms with E-state index in [0.29, 0.717) is 0 Å². The molecular weight excluding hydrogens is 188 g/mol. The number of aliphatic hydroxyl groups excluding tert-OH is 1. The summed E-state index contributed by atoms with van der Waals surface area (Å²) in [5.41, 5.74) is -0.218. The molecule has 0 saturated carbocycles. The number of hydrogen-bond donors (Lipinski definition) is 1. The summed E-state index contributed by atoms with van der Waals surface area (Å²) in [6.45, 7) is -1.06. The van der Waals surface area contributed by atoms with Gasteiger partial charge in [-0.15, -0.1) is 0 Å². The Kier molecular flexibility index (Phi) is 2.94. The SMILES string of the molecule is OC(CF)c1cc(Cl)cnc1F. The average molecular weight is 194 g/mol. The van der Waals surface area contributed by atoms with Gasteiger partial charge in [0.2, 0.25) is 5.95 Å². The third kappa shape index (κ3) is 1.89. The normalized spacial score (nSPS) is 13.0. The van der Waals surface area contributed by atoms with Gasteiger partial charge < -0.3 is 5.11 Å². The van der Waals surface area contributed by atoms with Gasteiger partial charge in [0.05, 0.1) is 5.02 Å². The van der Waals surface area contributed by atoms with Crippen LogP contribution in [0.5, 0.6) is 0 Å². The molecule has 66 valence electrons. The number of aliphatic hydroxyl groups is 1. The number of hydrogen-bond acceptors (Lipinski definition) is 2. The molecule has 0 aliphatic carbocycles. The van der Waals surface area contributed by atoms with E-state index in [2.05, 4.69) is 4.98 Å². The minimum absolute atomic E-state index is 0.166. The Morgan fingerprint density at radius 1 is 1.67 bits per heavy atom. The predicted octanol–water partition coefficient (Wildman–Crippen LogP) is 1.88. The summed E-state index contributed by atoms with van der Waals surface area (Å²) in [4.78, 5) is 3.22. The Morgan fingerprint density at radius 3 is 2.92 bits per heavy atom. The van der Waals surface area contributed by atoms with Crippen molar-refractivity contribution in [2.24, 2.45) is 0 Å². The molecule has 2 nitrogen and oxygen atoms in total. The molecule has 1 atom stereocenters. The highest BCUT2D eigenvalue weighted by Crippen LogP contribution is 2.19. The molecule has 0 amide bonds. The van der Waals surface area contributed by atoms with Crippen molar-refractivity contribution < 1.29 is 13.9 Å². The van der Waals surface area contributed by atoms with E-state index in [1.807, 2.05) is 0 Å². The summed E-state index contributed by atoms with van der Waals surface area (Å²) in [7, 11) is 0. The topological polar surface area (TPSA) is 33.1 Å². The fourth-order valence-corrected chi connectivity index (χ4v) is 0.921. The van der Waals surface area contributed by atoms with Crippen molar-refractivity contribution in [1.29, 1.82) is 0 Å². The lowest BCUT2D eigenvalue weighted by molar-refractivity contribution is 0.137. The zero-order valence-corrected chi connectivity index (χ0v) is 6.72. The van der Waals surface area contributed by atoms with Crippen molar-refractivity contribution in [2.45, 2.75) is 6.10 Å². The van der Waals surface area contributed by atoms with Crippen molar-refractivity contribution in [3.05, 3.63) is 28.8 Å². The standard InChI is InChI=1S/C7H6ClF2NO/c8-4-1-5(6(12)2-9)7(10)11-3-4/h1,3,6,12H,2H2. The monoisotopic (exact) mass is 193 g/mol. The third-order valence-electron chi connectivity index (χ3n) is 1.34. The maximum atomic E-state index is 12.7. The summed E-state index contributed by atoms with van der Waals surface area (Å²) in [5.74, 6) is -0.899. The number of aromatic nitrogens is 1. The molecule has 1 N–H and O–H groups in total. The quantitative estimate of drug-likeness (QED) is 0.728. The van der Waals surface area contributed by atoms with Crippen LogP contribution in [0.15, 0.2) is 12.3 Å². The molecule has 1 rings (SSSR count). The summed E-state index contributed by atoms with van der Waals surface area (Å²) >= 11 is 5.46. The number of rotatable bonds is 2. The van der Waals surface area contributed by atoms with E-state index in [4.69, 9.17) is 16.7 Å². The van der Waals surface area contributed by atoms with Crippen LogP contribution in [0.2, 0.25) is 5.02 Å². The first-order chi connectivity index (χ1) is 5.65. The number of pyridine rings is 1. The lowest BCUT2D eigenvalue weighted by atomic mass is 10.2. The molecule has 0 saturated heterocycles. The van der Waals surface area contributed by atoms with Crippen LogP contribution in [0, 0.1) is 5.95 Å². The minimum Gasteiger partial charge on any atom is -0.385 e. The highest BCUT2D eigenvalue weighted by Gasteiger charge is 2.13. The van der Waals surface area contributed by atoms with Crippen molar-refractivity contribution >= 4 is 11.6 Å². The molecule has 0 aromatic carbocycles. The molecule has 12 heavy (non-hydrogen) atoms. The van der Waals surface area contributed by atoms with E-state index in [-0.39, 0.29) is 10.6 Å². The van der Waals surface area contributed by atoms with E-state index >= 15 is 0 Å². The second kappa shape index (κ2) is 3.78. The van der Waals surface area contributed by atoms with E-state index in [0.717, 1.165) is 12.3 Å². The fraction of sp³-hybridized carbons (Fsp3) is 0.286. The second-order valence-corrected chi connectivity index (χ2v) is 2.64. The zero-order chi connectivity index (χ0) is 9.14. The third-order valence-corrected chi connectivity index (χ3v) is 1.54. The van der Waals surface area contributed by atoms with Crippen LogP contribution < -0.4 is 0 Å². The highest BCUT2D eigenvalue weighted by molar-refractivity contribution is 6.30. The van der Waals surface area contributed by atoms with Gasteiger partial charge in [0.15, 0.2) is 0 Å². The molecule has 0 fully saturated rings. The smallest absolute Gasteiger partial charge is 0.218 e. The van der Waals surface area contributed by atoms with Crippen LogP contribution in [0.4, 0.5) is 8.78 Å². The molecular formula is C7H6ClF2NO. The number of nitrogens with zero attached hydrogens (tertiary/aromatic N) is 1. The Morgan fingerprint density at radius 2 is 2.33 bits per heavy atom. The van der Waals surface area contributed by atoms with Gasteiger partial charge in [-0.25, -0.2) is 9.37 Å². The van der Waals surface area contributed by atoms with Gasteiger partial charge in [0.1, 0.15) is 12.8 Å². The first-order valence-corrected chi connectivity index (χ1v) is 3.58. The van der Waals surface area contributed by atoms with Crippen LogP contribution in [0.25, 0.3) is 0 Å². The van der Waals surface area contributed by atoms with E-state index in [1.54, 1.807) is 0 Å². The molecule has 1 heterocycles. The van der Waals surface area contributed by atoms with Crippen LogP contribution in [-0.4, -0.2) is 16.8 Å². The molecule has 1 aromatic heterocycles. The molecule has 0 aliphatic heterocycles. The lowest BCUT2D eigenvalue weighted by Crippen LogP contribution is -2.03. The Hall–Kier alpha value is -0.740. The van der Waals surface area contributed by atoms with Crippen molar-refractivity contribution in [1.82, 2.24) is 4.98 Å². The summed E-state index contributed by atoms with van der Waals surface area (Å²) < 4.78 is 24.6. The van der Waals surface area contributed by atoms with Gasteiger partial charge in [-0.2, -0.15) is 4.39 Å². The molecule has 0 radical (unpaired) electrons. The summed E-state index contributed by atoms with van der Waals surface area (Å²) in [6.07, 6.45) is -0.401. The maximum absolute atomic E-state index is 12.7. The largest absolute Gasteiger partial charge is 0.385 e. The van der Waals surface area contributed by atoms with Crippen LogP contribution in [0.3, 0.4) is 0 Å². The molecule has 0 aliphatic rings. The molecule has 0 bridgehead atoms. The van der Waals surface area contributed by atoms with Crippen molar-refractivity contribution in [2.75, 3.05) is 6.67 Å². The Balaban J connectivity index is 3.04. The van der Waals surface area contributed by atoms with Crippen molar-refractivity contribution in [3.8, 4) is 0 Å². The minimum atomic E-state index is -1.49. The fourth-order valence-electron chi connectivity index (χ4n) is 0.755. The molecule has 1 aromatic rings. The molecule has 1 unspecified atom stereocenters. The van der Waals surface area contributed by atoms with E-state index < -0.39 is 18.7 Å². The van der Waals surface area contributed by atoms with Gasteiger partial charge >= 0.3 is 0 Å². The van der Waals surface area contributed by atoms with Crippen LogP contribution >= 0.6 is 11.6 Å². The summed E-state index contributed by atoms with van der Waals surface area (Å²) in [5, 5.41) is 9.09. The predicted molar refractivity (Wildman–Crippen MR) is 40.1 cm³/mol. The highest BCUT2D eigenvalue weighted by atomic mass is 35.5. The van der Waals surface area contributed by atoms with Gasteiger partial charge in [-0.3, -0.25) is 0 Å². The van der Waals surface area contributed by atoms with Gasteiger partial charge in [-0.05, 0) is 6.07 Å². The number of halogens is 3. The summed E-state index contributed by atoms with van der Waals surface area (Å²) in [6, 6.07) is 1.15. The Bertz CT molecular complexity index is 282. The zero-order valence-electron chi connectivity index (χ0n) is 5.97. The second-order valence-electron chi connectivity index (χ2n) is 2.20. The van der Waals surface area contributed by atoms with E-state index in [1.165, 1.54) is 0 Å². The van der Waals surface area contributed by atoms with Gasteiger partial charge in [0.25, 0.3) is 0 Å². The first kappa shape index (κ1) is 9.35. The average Bonchev–Trinajstić information content (AvgIpc) is 2.08. The van der Waals surface area contributed by atoms with Gasteiger partial charge in [0, 0.05) is 11.8 Å². The molecule has 5 heteroatoms. The lowest BCUT2D eigenvalue weighted by Gasteiger charge is -2.06. The van der Waals surface area contributed by atoms with Crippen LogP contribution in [-0.2, 0) is 0 Å². The van der Waals surface area contributed by atoms with E-state index in [9.17, 15) is 8.78 Å². The first-order valence-electron chi connectivity index (χ1n) is 3.20. The molecule has 0 spiro atoms. The van der Waals surface area contributed by atoms with Crippen molar-refractivity contribution in [3.63, 3.8) is 0 Å². The maximum Gasteiger partial charge on any atom is 0.218 e.